The van der Waals surface area contributed by atoms with Crippen LogP contribution >= 0.6 is 0 Å². The van der Waals surface area contributed by atoms with E-state index in [0.29, 0.717) is 57.1 Å². The van der Waals surface area contributed by atoms with Crippen molar-refractivity contribution >= 4 is 27.3 Å². The molecule has 2 fully saturated rings. The van der Waals surface area contributed by atoms with Gasteiger partial charge >= 0.3 is 6.18 Å². The lowest BCUT2D eigenvalue weighted by Gasteiger charge is -2.38. The molecule has 1 unspecified atom stereocenters. The Kier molecular flexibility index (Phi) is 7.48. The molecule has 12 heteroatoms. The van der Waals surface area contributed by atoms with E-state index in [9.17, 15) is 31.5 Å². The van der Waals surface area contributed by atoms with Gasteiger partial charge in [0.15, 0.2) is 0 Å². The van der Waals surface area contributed by atoms with Crippen molar-refractivity contribution in [1.82, 2.24) is 9.62 Å². The molecule has 0 bridgehead atoms. The van der Waals surface area contributed by atoms with Crippen molar-refractivity contribution in [1.29, 1.82) is 0 Å². The van der Waals surface area contributed by atoms with Gasteiger partial charge in [-0.2, -0.15) is 13.2 Å². The number of benzene rings is 2. The molecule has 2 aromatic rings. The van der Waals surface area contributed by atoms with Gasteiger partial charge in [-0.05, 0) is 62.4 Å². The Labute approximate surface area is 208 Å². The highest BCUT2D eigenvalue weighted by atomic mass is 32.2. The van der Waals surface area contributed by atoms with Crippen molar-refractivity contribution in [2.75, 3.05) is 56.1 Å². The molecule has 2 aliphatic heterocycles. The van der Waals surface area contributed by atoms with E-state index in [1.165, 1.54) is 31.3 Å². The fourth-order valence-corrected chi connectivity index (χ4v) is 5.38. The minimum absolute atomic E-state index is 0.0296. The van der Waals surface area contributed by atoms with Gasteiger partial charge in [0.1, 0.15) is 0 Å². The van der Waals surface area contributed by atoms with Crippen molar-refractivity contribution in [3.8, 4) is 0 Å². The van der Waals surface area contributed by atoms with E-state index >= 15 is 0 Å². The Hall–Kier alpha value is -2.83. The van der Waals surface area contributed by atoms with Gasteiger partial charge in [-0.25, -0.2) is 13.1 Å². The van der Waals surface area contributed by atoms with Gasteiger partial charge in [0.25, 0.3) is 5.91 Å². The summed E-state index contributed by atoms with van der Waals surface area (Å²) in [6.45, 7) is 2.47. The summed E-state index contributed by atoms with van der Waals surface area (Å²) in [5.41, 5.74) is 0.731. The summed E-state index contributed by atoms with van der Waals surface area (Å²) in [4.78, 5) is 19.0. The summed E-state index contributed by atoms with van der Waals surface area (Å²) in [5, 5.41) is 10.1. The molecule has 0 saturated carbocycles. The molecule has 0 aromatic heterocycles. The first-order chi connectivity index (χ1) is 17.0. The van der Waals surface area contributed by atoms with Gasteiger partial charge in [0.05, 0.1) is 22.1 Å². The number of aliphatic hydroxyl groups excluding tert-OH is 1. The fourth-order valence-electron chi connectivity index (χ4n) is 4.62. The van der Waals surface area contributed by atoms with Crippen LogP contribution in [-0.4, -0.2) is 76.8 Å². The highest BCUT2D eigenvalue weighted by Gasteiger charge is 2.31. The summed E-state index contributed by atoms with van der Waals surface area (Å²) in [6.07, 6.45) is -3.52. The summed E-state index contributed by atoms with van der Waals surface area (Å²) in [7, 11) is -2.48. The number of piperazine rings is 1. The molecule has 0 radical (unpaired) electrons. The topological polar surface area (TPSA) is 93.2 Å². The number of nitrogens with zero attached hydrogens (tertiary/aromatic N) is 3. The molecule has 2 aromatic carbocycles. The maximum absolute atomic E-state index is 13.6. The molecule has 8 nitrogen and oxygen atoms in total. The number of sulfonamides is 1. The zero-order valence-corrected chi connectivity index (χ0v) is 20.6. The number of nitrogens with one attached hydrogen (secondary N) is 1. The number of piperidine rings is 1. The van der Waals surface area contributed by atoms with Crippen LogP contribution in [0, 0.1) is 0 Å². The van der Waals surface area contributed by atoms with Gasteiger partial charge in [0, 0.05) is 50.6 Å². The Bertz CT molecular complexity index is 1200. The van der Waals surface area contributed by atoms with Crippen LogP contribution in [0.25, 0.3) is 0 Å². The third-order valence-corrected chi connectivity index (χ3v) is 8.05. The summed E-state index contributed by atoms with van der Waals surface area (Å²) in [6, 6.07) is 9.35. The molecule has 36 heavy (non-hydrogen) atoms. The first-order valence-electron chi connectivity index (χ1n) is 11.7. The van der Waals surface area contributed by atoms with Gasteiger partial charge in [-0.15, -0.1) is 0 Å². The number of hydrogen-bond donors (Lipinski definition) is 2. The number of hydrogen-bond acceptors (Lipinski definition) is 6. The molecule has 1 atom stereocenters. The van der Waals surface area contributed by atoms with Crippen LogP contribution in [0.4, 0.5) is 24.5 Å². The van der Waals surface area contributed by atoms with E-state index in [0.717, 1.165) is 18.6 Å². The lowest BCUT2D eigenvalue weighted by molar-refractivity contribution is -0.137. The molecule has 2 heterocycles. The number of β-amino-alcohol motifs (C(OH)–C–C–N with tert-alkyl or cyclic N) is 1. The summed E-state index contributed by atoms with van der Waals surface area (Å²) in [5.74, 6) is -0.328. The Morgan fingerprint density at radius 2 is 1.67 bits per heavy atom. The van der Waals surface area contributed by atoms with Gasteiger partial charge in [-0.1, -0.05) is 0 Å². The van der Waals surface area contributed by atoms with Gasteiger partial charge in [-0.3, -0.25) is 4.79 Å². The first kappa shape index (κ1) is 26.2. The van der Waals surface area contributed by atoms with Crippen molar-refractivity contribution in [2.45, 2.75) is 30.0 Å². The molecule has 196 valence electrons. The van der Waals surface area contributed by atoms with E-state index in [1.807, 2.05) is 9.80 Å². The average Bonchev–Trinajstić information content (AvgIpc) is 2.87. The van der Waals surface area contributed by atoms with Crippen molar-refractivity contribution in [3.63, 3.8) is 0 Å². The van der Waals surface area contributed by atoms with E-state index in [-0.39, 0.29) is 16.4 Å². The largest absolute Gasteiger partial charge is 0.416 e. The number of alkyl halides is 3. The monoisotopic (exact) mass is 526 g/mol. The second-order valence-corrected chi connectivity index (χ2v) is 10.8. The smallest absolute Gasteiger partial charge is 0.391 e. The minimum Gasteiger partial charge on any atom is -0.391 e. The molecule has 2 saturated heterocycles. The SMILES string of the molecule is CNS(=O)(=O)c1ccc(N2CCCC(O)C2)c(C(=O)N2CCN(c3ccc(C(F)(F)F)cc3)CC2)c1. The Morgan fingerprint density at radius 1 is 1.00 bits per heavy atom. The molecule has 4 rings (SSSR count). The fraction of sp³-hybridized carbons (Fsp3) is 0.458. The van der Waals surface area contributed by atoms with E-state index in [2.05, 4.69) is 4.72 Å². The van der Waals surface area contributed by atoms with E-state index in [4.69, 9.17) is 0 Å². The molecule has 2 N–H and O–H groups in total. The third-order valence-electron chi connectivity index (χ3n) is 6.64. The predicted molar refractivity (Wildman–Crippen MR) is 130 cm³/mol. The molecule has 2 aliphatic rings. The van der Waals surface area contributed by atoms with Gasteiger partial charge < -0.3 is 19.8 Å². The quantitative estimate of drug-likeness (QED) is 0.622. The first-order valence-corrected chi connectivity index (χ1v) is 13.2. The number of amides is 1. The Morgan fingerprint density at radius 3 is 2.25 bits per heavy atom. The lowest BCUT2D eigenvalue weighted by atomic mass is 10.0. The standard InChI is InChI=1S/C24H29F3N4O4S/c1-28-36(34,35)20-8-9-22(31-10-2-3-19(32)16-31)21(15-20)23(33)30-13-11-29(12-14-30)18-6-4-17(5-7-18)24(25,26)27/h4-9,15,19,28,32H,2-3,10-14,16H2,1H3. The third kappa shape index (κ3) is 5.60. The molecular weight excluding hydrogens is 497 g/mol. The Balaban J connectivity index is 1.54. The molecular formula is C24H29F3N4O4S. The van der Waals surface area contributed by atoms with Crippen LogP contribution in [0.15, 0.2) is 47.4 Å². The number of carbonyl (C=O) groups excluding carboxylic acids is 1. The summed E-state index contributed by atoms with van der Waals surface area (Å²) < 4.78 is 65.7. The number of halogens is 3. The molecule has 0 aliphatic carbocycles. The number of rotatable bonds is 5. The van der Waals surface area contributed by atoms with Crippen molar-refractivity contribution < 1.29 is 31.5 Å². The highest BCUT2D eigenvalue weighted by molar-refractivity contribution is 7.89. The van der Waals surface area contributed by atoms with Crippen molar-refractivity contribution in [3.05, 3.63) is 53.6 Å². The number of carbonyl (C=O) groups is 1. The van der Waals surface area contributed by atoms with Crippen LogP contribution in [0.1, 0.15) is 28.8 Å². The second-order valence-electron chi connectivity index (χ2n) is 8.95. The normalized spacial score (nSPS) is 19.5. The molecule has 0 spiro atoms. The van der Waals surface area contributed by atoms with Crippen LogP contribution in [-0.2, 0) is 16.2 Å². The second kappa shape index (κ2) is 10.3. The summed E-state index contributed by atoms with van der Waals surface area (Å²) >= 11 is 0. The number of anilines is 2. The maximum atomic E-state index is 13.6. The van der Waals surface area contributed by atoms with Gasteiger partial charge in [0.2, 0.25) is 10.0 Å². The predicted octanol–water partition coefficient (Wildman–Crippen LogP) is 2.54. The highest BCUT2D eigenvalue weighted by Crippen LogP contribution is 2.32. The average molecular weight is 527 g/mol. The van der Waals surface area contributed by atoms with E-state index < -0.39 is 27.9 Å². The maximum Gasteiger partial charge on any atom is 0.416 e. The lowest BCUT2D eigenvalue weighted by Crippen LogP contribution is -2.49. The van der Waals surface area contributed by atoms with Crippen LogP contribution in [0.3, 0.4) is 0 Å². The zero-order valence-electron chi connectivity index (χ0n) is 19.8. The minimum atomic E-state index is -4.40. The van der Waals surface area contributed by atoms with Crippen LogP contribution in [0.2, 0.25) is 0 Å². The zero-order chi connectivity index (χ0) is 26.1. The number of aliphatic hydroxyl groups is 1. The van der Waals surface area contributed by atoms with E-state index in [1.54, 1.807) is 11.0 Å². The molecule has 1 amide bonds. The van der Waals surface area contributed by atoms with Crippen molar-refractivity contribution in [2.24, 2.45) is 0 Å². The van der Waals surface area contributed by atoms with Crippen LogP contribution < -0.4 is 14.5 Å². The van der Waals surface area contributed by atoms with Crippen LogP contribution in [0.5, 0.6) is 0 Å².